The number of nitrogens with zero attached hydrogens (tertiary/aromatic N) is 4. The van der Waals surface area contributed by atoms with Gasteiger partial charge in [-0.3, -0.25) is 14.2 Å². The van der Waals surface area contributed by atoms with E-state index in [1.165, 1.54) is 23.8 Å². The van der Waals surface area contributed by atoms with Crippen molar-refractivity contribution < 1.29 is 9.90 Å². The minimum Gasteiger partial charge on any atom is -0.388 e. The zero-order valence-corrected chi connectivity index (χ0v) is 20.0. The van der Waals surface area contributed by atoms with E-state index < -0.39 is 11.2 Å². The van der Waals surface area contributed by atoms with Gasteiger partial charge >= 0.3 is 5.69 Å². The van der Waals surface area contributed by atoms with E-state index in [2.05, 4.69) is 10.3 Å². The number of aliphatic hydroxyl groups is 1. The summed E-state index contributed by atoms with van der Waals surface area (Å²) < 4.78 is 4.21. The first kappa shape index (κ1) is 23.7. The molecule has 0 aromatic carbocycles. The molecule has 2 aromatic rings. The lowest BCUT2D eigenvalue weighted by molar-refractivity contribution is -0.122. The minimum absolute atomic E-state index is 0.0289. The fourth-order valence-corrected chi connectivity index (χ4v) is 6.03. The van der Waals surface area contributed by atoms with Gasteiger partial charge in [0.1, 0.15) is 19.0 Å². The van der Waals surface area contributed by atoms with Crippen molar-refractivity contribution in [3.05, 3.63) is 26.7 Å². The van der Waals surface area contributed by atoms with Crippen LogP contribution in [0.2, 0.25) is 0 Å². The Morgan fingerprint density at radius 3 is 2.52 bits per heavy atom. The van der Waals surface area contributed by atoms with E-state index in [-0.39, 0.29) is 30.6 Å². The third kappa shape index (κ3) is 4.39. The predicted molar refractivity (Wildman–Crippen MR) is 126 cm³/mol. The highest BCUT2D eigenvalue weighted by atomic mass is 16.3. The molecule has 0 spiro atoms. The van der Waals surface area contributed by atoms with Crippen LogP contribution < -0.4 is 16.6 Å². The number of aromatic nitrogens is 4. The molecule has 2 heterocycles. The second-order valence-electron chi connectivity index (χ2n) is 9.88. The van der Waals surface area contributed by atoms with Crippen molar-refractivity contribution >= 4 is 17.1 Å². The summed E-state index contributed by atoms with van der Waals surface area (Å²) in [6.07, 6.45) is 7.32. The number of nitrogens with one attached hydrogen (secondary N) is 1. The number of carbonyl (C=O) groups is 1. The van der Waals surface area contributed by atoms with Crippen LogP contribution in [0.25, 0.3) is 11.2 Å². The Balaban J connectivity index is 1.67. The summed E-state index contributed by atoms with van der Waals surface area (Å²) in [6.45, 7) is 6.32. The summed E-state index contributed by atoms with van der Waals surface area (Å²) in [6, 6.07) is 0.0289. The van der Waals surface area contributed by atoms with Gasteiger partial charge in [0.05, 0.1) is 0 Å². The first-order valence-corrected chi connectivity index (χ1v) is 12.5. The maximum absolute atomic E-state index is 13.4. The maximum atomic E-state index is 13.4. The first-order valence-electron chi connectivity index (χ1n) is 12.5. The van der Waals surface area contributed by atoms with Crippen LogP contribution in [0, 0.1) is 17.8 Å². The number of hydrogen-bond donors (Lipinski definition) is 2. The SMILES string of the molecule is CCCCn1c(=O)n(CC(=O)N[C@H](C)[C@H]2C[C@H]3CC[C@H]2C3)c(=O)c2c1nc(CO)n2CCC. The molecule has 2 fully saturated rings. The summed E-state index contributed by atoms with van der Waals surface area (Å²) in [4.78, 5) is 44.1. The molecule has 2 N–H and O–H groups in total. The molecule has 9 nitrogen and oxygen atoms in total. The zero-order chi connectivity index (χ0) is 23.7. The van der Waals surface area contributed by atoms with Gasteiger partial charge in [-0.05, 0) is 56.8 Å². The molecule has 9 heteroatoms. The largest absolute Gasteiger partial charge is 0.388 e. The van der Waals surface area contributed by atoms with Crippen molar-refractivity contribution in [2.24, 2.45) is 17.8 Å². The predicted octanol–water partition coefficient (Wildman–Crippen LogP) is 2.00. The number of unbranched alkanes of at least 4 members (excludes halogenated alkanes) is 1. The molecule has 182 valence electrons. The third-order valence-electron chi connectivity index (χ3n) is 7.64. The van der Waals surface area contributed by atoms with E-state index >= 15 is 0 Å². The molecule has 4 rings (SSSR count). The quantitative estimate of drug-likeness (QED) is 0.565. The van der Waals surface area contributed by atoms with Crippen LogP contribution in [-0.4, -0.2) is 35.7 Å². The lowest BCUT2D eigenvalue weighted by atomic mass is 9.84. The van der Waals surface area contributed by atoms with E-state index in [0.29, 0.717) is 36.4 Å². The van der Waals surface area contributed by atoms with Crippen molar-refractivity contribution in [3.63, 3.8) is 0 Å². The van der Waals surface area contributed by atoms with E-state index in [4.69, 9.17) is 0 Å². The van der Waals surface area contributed by atoms with Gasteiger partial charge in [-0.2, -0.15) is 0 Å². The molecule has 2 saturated carbocycles. The van der Waals surface area contributed by atoms with E-state index in [1.807, 2.05) is 20.8 Å². The minimum atomic E-state index is -0.522. The zero-order valence-electron chi connectivity index (χ0n) is 20.0. The molecule has 2 aliphatic rings. The van der Waals surface area contributed by atoms with Crippen molar-refractivity contribution in [3.8, 4) is 0 Å². The Morgan fingerprint density at radius 1 is 1.12 bits per heavy atom. The van der Waals surface area contributed by atoms with Gasteiger partial charge in [0.2, 0.25) is 5.91 Å². The maximum Gasteiger partial charge on any atom is 0.333 e. The number of aliphatic hydroxyl groups excluding tert-OH is 1. The van der Waals surface area contributed by atoms with Crippen LogP contribution in [0.5, 0.6) is 0 Å². The Hall–Kier alpha value is -2.42. The molecule has 4 atom stereocenters. The monoisotopic (exact) mass is 459 g/mol. The van der Waals surface area contributed by atoms with Gasteiger partial charge in [-0.1, -0.05) is 26.7 Å². The van der Waals surface area contributed by atoms with Gasteiger partial charge in [0.25, 0.3) is 5.56 Å². The van der Waals surface area contributed by atoms with Crippen molar-refractivity contribution in [1.29, 1.82) is 0 Å². The molecule has 33 heavy (non-hydrogen) atoms. The van der Waals surface area contributed by atoms with Crippen LogP contribution >= 0.6 is 0 Å². The number of hydrogen-bond acceptors (Lipinski definition) is 5. The van der Waals surface area contributed by atoms with Gasteiger partial charge in [0.15, 0.2) is 11.2 Å². The van der Waals surface area contributed by atoms with Crippen molar-refractivity contribution in [2.75, 3.05) is 0 Å². The molecular formula is C24H37N5O4. The summed E-state index contributed by atoms with van der Waals surface area (Å²) >= 11 is 0. The molecular weight excluding hydrogens is 422 g/mol. The summed E-state index contributed by atoms with van der Waals surface area (Å²) in [7, 11) is 0. The van der Waals surface area contributed by atoms with E-state index in [0.717, 1.165) is 36.2 Å². The normalized spacial score (nSPS) is 22.8. The Morgan fingerprint density at radius 2 is 1.91 bits per heavy atom. The highest BCUT2D eigenvalue weighted by Gasteiger charge is 2.42. The average molecular weight is 460 g/mol. The van der Waals surface area contributed by atoms with Crippen molar-refractivity contribution in [1.82, 2.24) is 24.0 Å². The average Bonchev–Trinajstić information content (AvgIpc) is 3.51. The Labute approximate surface area is 193 Å². The fraction of sp³-hybridized carbons (Fsp3) is 0.750. The summed E-state index contributed by atoms with van der Waals surface area (Å²) in [5.74, 6) is 1.99. The van der Waals surface area contributed by atoms with Gasteiger partial charge in [-0.15, -0.1) is 0 Å². The van der Waals surface area contributed by atoms with Gasteiger partial charge < -0.3 is 15.0 Å². The van der Waals surface area contributed by atoms with Crippen LogP contribution in [0.1, 0.15) is 71.5 Å². The van der Waals surface area contributed by atoms with Crippen LogP contribution in [-0.2, 0) is 31.0 Å². The topological polar surface area (TPSA) is 111 Å². The molecule has 2 aliphatic carbocycles. The fourth-order valence-electron chi connectivity index (χ4n) is 6.03. The second kappa shape index (κ2) is 9.83. The molecule has 0 unspecified atom stereocenters. The molecule has 1 amide bonds. The van der Waals surface area contributed by atoms with Crippen LogP contribution in [0.4, 0.5) is 0 Å². The molecule has 0 aliphatic heterocycles. The molecule has 0 saturated heterocycles. The molecule has 2 bridgehead atoms. The lowest BCUT2D eigenvalue weighted by Crippen LogP contribution is -2.47. The van der Waals surface area contributed by atoms with E-state index in [9.17, 15) is 19.5 Å². The van der Waals surface area contributed by atoms with E-state index in [1.54, 1.807) is 4.57 Å². The number of rotatable bonds is 10. The number of aryl methyl sites for hydroxylation is 2. The van der Waals surface area contributed by atoms with Crippen LogP contribution in [0.3, 0.4) is 0 Å². The number of imidazole rings is 1. The highest BCUT2D eigenvalue weighted by molar-refractivity contribution is 5.77. The standard InChI is InChI=1S/C24H37N5O4/c1-4-6-10-28-22-21(27(9-5-2)19(14-30)26-22)23(32)29(24(28)33)13-20(31)25-15(3)18-12-16-7-8-17(18)11-16/h15-18,30H,4-14H2,1-3H3,(H,25,31)/t15-,16+,17+,18-/m1/s1. The number of amides is 1. The molecule has 2 aromatic heterocycles. The second-order valence-corrected chi connectivity index (χ2v) is 9.88. The lowest BCUT2D eigenvalue weighted by Gasteiger charge is -2.28. The Bertz CT molecular complexity index is 1130. The number of fused-ring (bicyclic) bond motifs is 3. The number of carbonyl (C=O) groups excluding carboxylic acids is 1. The smallest absolute Gasteiger partial charge is 0.333 e. The van der Waals surface area contributed by atoms with Gasteiger partial charge in [-0.25, -0.2) is 14.3 Å². The Kier molecular flexibility index (Phi) is 7.07. The first-order chi connectivity index (χ1) is 15.9. The molecule has 0 radical (unpaired) electrons. The van der Waals surface area contributed by atoms with Gasteiger partial charge in [0, 0.05) is 19.1 Å². The third-order valence-corrected chi connectivity index (χ3v) is 7.64. The summed E-state index contributed by atoms with van der Waals surface area (Å²) in [5.41, 5.74) is -0.464. The highest BCUT2D eigenvalue weighted by Crippen LogP contribution is 2.49. The van der Waals surface area contributed by atoms with Crippen LogP contribution in [0.15, 0.2) is 9.59 Å². The van der Waals surface area contributed by atoms with Crippen molar-refractivity contribution in [2.45, 2.75) is 98.0 Å². The summed E-state index contributed by atoms with van der Waals surface area (Å²) in [5, 5.41) is 12.9.